The Morgan fingerprint density at radius 1 is 1.55 bits per heavy atom. The summed E-state index contributed by atoms with van der Waals surface area (Å²) < 4.78 is 0. The van der Waals surface area contributed by atoms with Crippen molar-refractivity contribution in [3.8, 4) is 0 Å². The molecule has 2 aliphatic carbocycles. The zero-order chi connectivity index (χ0) is 7.84. The summed E-state index contributed by atoms with van der Waals surface area (Å²) in [7, 11) is 0. The third-order valence-corrected chi connectivity index (χ3v) is 2.54. The van der Waals surface area contributed by atoms with E-state index in [9.17, 15) is 4.79 Å². The molecule has 2 atom stereocenters. The van der Waals surface area contributed by atoms with Crippen LogP contribution >= 0.6 is 0 Å². The first-order valence-electron chi connectivity index (χ1n) is 3.89. The molecule has 0 heterocycles. The summed E-state index contributed by atoms with van der Waals surface area (Å²) in [4.78, 5) is 10.6. The first-order chi connectivity index (χ1) is 5.29. The number of fused-ring (bicyclic) bond motifs is 1. The minimum absolute atomic E-state index is 0.215. The summed E-state index contributed by atoms with van der Waals surface area (Å²) >= 11 is 0. The van der Waals surface area contributed by atoms with E-state index in [1.807, 2.05) is 12.2 Å². The summed E-state index contributed by atoms with van der Waals surface area (Å²) in [6.07, 6.45) is 7.97. The fourth-order valence-corrected chi connectivity index (χ4v) is 1.95. The average Bonchev–Trinajstić information content (AvgIpc) is 2.41. The summed E-state index contributed by atoms with van der Waals surface area (Å²) in [5.41, 5.74) is 0.601. The van der Waals surface area contributed by atoms with E-state index in [1.165, 1.54) is 0 Å². The predicted octanol–water partition coefficient (Wildman–Crippen LogP) is 1.59. The van der Waals surface area contributed by atoms with Crippen LogP contribution in [0, 0.1) is 11.8 Å². The van der Waals surface area contributed by atoms with E-state index in [4.69, 9.17) is 5.11 Å². The number of hydrogen-bond donors (Lipinski definition) is 1. The normalized spacial score (nSPS) is 33.6. The second-order valence-electron chi connectivity index (χ2n) is 3.15. The van der Waals surface area contributed by atoms with Crippen LogP contribution in [-0.2, 0) is 4.79 Å². The zero-order valence-corrected chi connectivity index (χ0v) is 6.16. The van der Waals surface area contributed by atoms with Crippen LogP contribution in [0.2, 0.25) is 0 Å². The van der Waals surface area contributed by atoms with Crippen LogP contribution < -0.4 is 0 Å². The first kappa shape index (κ1) is 6.65. The molecule has 0 bridgehead atoms. The molecule has 2 aliphatic rings. The van der Waals surface area contributed by atoms with Crippen molar-refractivity contribution in [1.29, 1.82) is 0 Å². The number of carboxylic acids is 1. The number of carbonyl (C=O) groups is 1. The molecule has 58 valence electrons. The van der Waals surface area contributed by atoms with Gasteiger partial charge in [0.15, 0.2) is 0 Å². The molecule has 0 saturated carbocycles. The molecule has 0 aliphatic heterocycles. The Morgan fingerprint density at radius 3 is 3.09 bits per heavy atom. The van der Waals surface area contributed by atoms with Crippen molar-refractivity contribution in [2.24, 2.45) is 11.8 Å². The van der Waals surface area contributed by atoms with Crippen LogP contribution in [0.5, 0.6) is 0 Å². The highest BCUT2D eigenvalue weighted by molar-refractivity contribution is 5.88. The molecule has 2 nitrogen and oxygen atoms in total. The summed E-state index contributed by atoms with van der Waals surface area (Å²) in [6.45, 7) is 0. The van der Waals surface area contributed by atoms with Crippen molar-refractivity contribution in [3.63, 3.8) is 0 Å². The van der Waals surface area contributed by atoms with Crippen LogP contribution in [0.1, 0.15) is 12.8 Å². The quantitative estimate of drug-likeness (QED) is 0.576. The highest BCUT2D eigenvalue weighted by Gasteiger charge is 2.33. The number of hydrogen-bond acceptors (Lipinski definition) is 1. The van der Waals surface area contributed by atoms with Gasteiger partial charge in [-0.1, -0.05) is 18.2 Å². The fraction of sp³-hybridized carbons (Fsp3) is 0.444. The van der Waals surface area contributed by atoms with Gasteiger partial charge in [0.1, 0.15) is 0 Å². The maximum atomic E-state index is 10.6. The number of aliphatic carboxylic acids is 1. The molecule has 0 unspecified atom stereocenters. The van der Waals surface area contributed by atoms with Crippen molar-refractivity contribution in [2.45, 2.75) is 12.8 Å². The first-order valence-corrected chi connectivity index (χ1v) is 3.89. The van der Waals surface area contributed by atoms with Crippen LogP contribution in [-0.4, -0.2) is 11.1 Å². The van der Waals surface area contributed by atoms with E-state index < -0.39 is 5.97 Å². The van der Waals surface area contributed by atoms with Gasteiger partial charge in [-0.15, -0.1) is 0 Å². The molecule has 0 aromatic heterocycles. The average molecular weight is 150 g/mol. The second-order valence-corrected chi connectivity index (χ2v) is 3.15. The van der Waals surface area contributed by atoms with Crippen LogP contribution in [0.25, 0.3) is 0 Å². The third-order valence-electron chi connectivity index (χ3n) is 2.54. The molecule has 2 rings (SSSR count). The van der Waals surface area contributed by atoms with Crippen molar-refractivity contribution in [1.82, 2.24) is 0 Å². The fourth-order valence-electron chi connectivity index (χ4n) is 1.95. The van der Waals surface area contributed by atoms with Crippen molar-refractivity contribution in [3.05, 3.63) is 23.8 Å². The molecule has 11 heavy (non-hydrogen) atoms. The molecule has 0 amide bonds. The molecular formula is C9H10O2. The Balaban J connectivity index is 2.24. The number of allylic oxidation sites excluding steroid dienone is 3. The SMILES string of the molecule is O=C(O)C1=CC[C@@H]2CC=C[C@H]12. The van der Waals surface area contributed by atoms with Crippen molar-refractivity contribution >= 4 is 5.97 Å². The predicted molar refractivity (Wildman–Crippen MR) is 41.1 cm³/mol. The van der Waals surface area contributed by atoms with E-state index in [0.29, 0.717) is 11.5 Å². The Bertz CT molecular complexity index is 250. The van der Waals surface area contributed by atoms with Crippen molar-refractivity contribution < 1.29 is 9.90 Å². The largest absolute Gasteiger partial charge is 0.478 e. The lowest BCUT2D eigenvalue weighted by atomic mass is 9.95. The second kappa shape index (κ2) is 2.22. The molecule has 1 N–H and O–H groups in total. The van der Waals surface area contributed by atoms with Gasteiger partial charge in [0.2, 0.25) is 0 Å². The lowest BCUT2D eigenvalue weighted by Gasteiger charge is -2.09. The van der Waals surface area contributed by atoms with E-state index in [0.717, 1.165) is 12.8 Å². The summed E-state index contributed by atoms with van der Waals surface area (Å²) in [5, 5.41) is 8.76. The number of carboxylic acid groups (broad SMARTS) is 1. The van der Waals surface area contributed by atoms with Gasteiger partial charge in [-0.05, 0) is 18.8 Å². The molecule has 2 heteroatoms. The highest BCUT2D eigenvalue weighted by atomic mass is 16.4. The van der Waals surface area contributed by atoms with Crippen LogP contribution in [0.15, 0.2) is 23.8 Å². The molecule has 0 radical (unpaired) electrons. The van der Waals surface area contributed by atoms with Gasteiger partial charge < -0.3 is 5.11 Å². The van der Waals surface area contributed by atoms with Gasteiger partial charge in [-0.2, -0.15) is 0 Å². The molecule has 0 aromatic carbocycles. The summed E-state index contributed by atoms with van der Waals surface area (Å²) in [5.74, 6) is 0.0256. The Kier molecular flexibility index (Phi) is 1.34. The minimum Gasteiger partial charge on any atom is -0.478 e. The van der Waals surface area contributed by atoms with E-state index in [-0.39, 0.29) is 5.92 Å². The number of rotatable bonds is 1. The minimum atomic E-state index is -0.746. The van der Waals surface area contributed by atoms with E-state index in [2.05, 4.69) is 6.08 Å². The van der Waals surface area contributed by atoms with Gasteiger partial charge in [-0.25, -0.2) is 4.79 Å². The topological polar surface area (TPSA) is 37.3 Å². The van der Waals surface area contributed by atoms with E-state index in [1.54, 1.807) is 0 Å². The Morgan fingerprint density at radius 2 is 2.36 bits per heavy atom. The molecule has 0 saturated heterocycles. The maximum absolute atomic E-state index is 10.6. The monoisotopic (exact) mass is 150 g/mol. The lowest BCUT2D eigenvalue weighted by Crippen LogP contribution is -2.10. The van der Waals surface area contributed by atoms with Gasteiger partial charge in [-0.3, -0.25) is 0 Å². The molecule has 0 spiro atoms. The van der Waals surface area contributed by atoms with Gasteiger partial charge in [0, 0.05) is 11.5 Å². The van der Waals surface area contributed by atoms with Gasteiger partial charge in [0.25, 0.3) is 0 Å². The van der Waals surface area contributed by atoms with Crippen LogP contribution in [0.3, 0.4) is 0 Å². The molecule has 0 fully saturated rings. The standard InChI is InChI=1S/C9H10O2/c10-9(11)8-5-4-6-2-1-3-7(6)8/h1,3,5-7H,2,4H2,(H,10,11)/t6-,7-/m0/s1. The lowest BCUT2D eigenvalue weighted by molar-refractivity contribution is -0.133. The van der Waals surface area contributed by atoms with E-state index >= 15 is 0 Å². The van der Waals surface area contributed by atoms with Crippen LogP contribution in [0.4, 0.5) is 0 Å². The smallest absolute Gasteiger partial charge is 0.331 e. The maximum Gasteiger partial charge on any atom is 0.331 e. The highest BCUT2D eigenvalue weighted by Crippen LogP contribution is 2.39. The molecule has 0 aromatic rings. The Labute approximate surface area is 65.2 Å². The summed E-state index contributed by atoms with van der Waals surface area (Å²) in [6, 6.07) is 0. The van der Waals surface area contributed by atoms with Gasteiger partial charge >= 0.3 is 5.97 Å². The Hall–Kier alpha value is -1.05. The third kappa shape index (κ3) is 0.897. The molecular weight excluding hydrogens is 140 g/mol. The zero-order valence-electron chi connectivity index (χ0n) is 6.16. The van der Waals surface area contributed by atoms with Gasteiger partial charge in [0.05, 0.1) is 0 Å². The van der Waals surface area contributed by atoms with Crippen molar-refractivity contribution in [2.75, 3.05) is 0 Å².